The quantitative estimate of drug-likeness (QED) is 0.684. The second-order valence-electron chi connectivity index (χ2n) is 6.07. The highest BCUT2D eigenvalue weighted by molar-refractivity contribution is 5.86. The van der Waals surface area contributed by atoms with E-state index < -0.39 is 11.5 Å². The van der Waals surface area contributed by atoms with E-state index in [1.54, 1.807) is 6.92 Å². The molecule has 0 heterocycles. The van der Waals surface area contributed by atoms with E-state index in [0.717, 1.165) is 38.5 Å². The van der Waals surface area contributed by atoms with E-state index in [-0.39, 0.29) is 18.0 Å². The van der Waals surface area contributed by atoms with E-state index in [0.29, 0.717) is 0 Å². The topological polar surface area (TPSA) is 78.4 Å². The first-order chi connectivity index (χ1) is 9.02. The number of amides is 2. The van der Waals surface area contributed by atoms with Crippen LogP contribution in [-0.4, -0.2) is 28.7 Å². The van der Waals surface area contributed by atoms with Crippen LogP contribution >= 0.6 is 0 Å². The predicted molar refractivity (Wildman–Crippen MR) is 71.9 cm³/mol. The highest BCUT2D eigenvalue weighted by Crippen LogP contribution is 2.39. The number of carbonyl (C=O) groups is 2. The van der Waals surface area contributed by atoms with Crippen LogP contribution in [0.3, 0.4) is 0 Å². The van der Waals surface area contributed by atoms with Gasteiger partial charge in [-0.25, -0.2) is 9.59 Å². The van der Waals surface area contributed by atoms with Crippen molar-refractivity contribution in [3.8, 4) is 0 Å². The van der Waals surface area contributed by atoms with Gasteiger partial charge in [0.2, 0.25) is 0 Å². The molecule has 0 aromatic rings. The fraction of sp³-hybridized carbons (Fsp3) is 0.857. The highest BCUT2D eigenvalue weighted by atomic mass is 16.4. The van der Waals surface area contributed by atoms with Gasteiger partial charge in [0, 0.05) is 6.04 Å². The van der Waals surface area contributed by atoms with E-state index in [1.165, 1.54) is 12.8 Å². The number of carboxylic acid groups (broad SMARTS) is 1. The predicted octanol–water partition coefficient (Wildman–Crippen LogP) is 2.26. The van der Waals surface area contributed by atoms with Crippen LogP contribution < -0.4 is 10.6 Å². The average molecular weight is 268 g/mol. The molecule has 0 saturated heterocycles. The zero-order valence-corrected chi connectivity index (χ0v) is 11.6. The SMILES string of the molecule is CC(NC(=O)NC1CCCCCC1)(C(=O)O)C1CC1. The van der Waals surface area contributed by atoms with Gasteiger partial charge in [0.15, 0.2) is 0 Å². The van der Waals surface area contributed by atoms with Crippen molar-refractivity contribution in [2.75, 3.05) is 0 Å². The zero-order chi connectivity index (χ0) is 13.9. The summed E-state index contributed by atoms with van der Waals surface area (Å²) in [4.78, 5) is 23.3. The van der Waals surface area contributed by atoms with E-state index in [1.807, 2.05) is 0 Å². The minimum atomic E-state index is -1.12. The summed E-state index contributed by atoms with van der Waals surface area (Å²) in [7, 11) is 0. The lowest BCUT2D eigenvalue weighted by molar-refractivity contribution is -0.144. The standard InChI is InChI=1S/C14H24N2O3/c1-14(12(17)18,10-8-9-10)16-13(19)15-11-6-4-2-3-5-7-11/h10-11H,2-9H2,1H3,(H,17,18)(H2,15,16,19). The molecule has 2 saturated carbocycles. The van der Waals surface area contributed by atoms with Crippen LogP contribution in [0.5, 0.6) is 0 Å². The Bertz CT molecular complexity index is 347. The third-order valence-electron chi connectivity index (χ3n) is 4.40. The van der Waals surface area contributed by atoms with Crippen molar-refractivity contribution in [3.63, 3.8) is 0 Å². The molecule has 2 aliphatic rings. The molecule has 0 radical (unpaired) electrons. The molecule has 3 N–H and O–H groups in total. The molecule has 0 spiro atoms. The van der Waals surface area contributed by atoms with Crippen LogP contribution in [0, 0.1) is 5.92 Å². The monoisotopic (exact) mass is 268 g/mol. The Balaban J connectivity index is 1.87. The summed E-state index contributed by atoms with van der Waals surface area (Å²) < 4.78 is 0. The van der Waals surface area contributed by atoms with Crippen LogP contribution in [0.1, 0.15) is 58.3 Å². The van der Waals surface area contributed by atoms with Crippen LogP contribution in [0.25, 0.3) is 0 Å². The minimum Gasteiger partial charge on any atom is -0.480 e. The summed E-state index contributed by atoms with van der Waals surface area (Å²) in [5.41, 5.74) is -1.12. The number of carbonyl (C=O) groups excluding carboxylic acids is 1. The molecule has 2 rings (SSSR count). The van der Waals surface area contributed by atoms with Crippen molar-refractivity contribution in [1.82, 2.24) is 10.6 Å². The van der Waals surface area contributed by atoms with Gasteiger partial charge in [0.25, 0.3) is 0 Å². The molecule has 0 aromatic carbocycles. The highest BCUT2D eigenvalue weighted by Gasteiger charge is 2.48. The zero-order valence-electron chi connectivity index (χ0n) is 11.6. The molecule has 1 atom stereocenters. The number of hydrogen-bond donors (Lipinski definition) is 3. The molecule has 2 amide bonds. The number of rotatable bonds is 4. The third kappa shape index (κ3) is 3.61. The number of carboxylic acids is 1. The lowest BCUT2D eigenvalue weighted by atomic mass is 9.96. The molecule has 0 bridgehead atoms. The van der Waals surface area contributed by atoms with E-state index >= 15 is 0 Å². The Morgan fingerprint density at radius 2 is 1.63 bits per heavy atom. The Morgan fingerprint density at radius 1 is 1.05 bits per heavy atom. The van der Waals surface area contributed by atoms with Crippen molar-refractivity contribution in [1.29, 1.82) is 0 Å². The maximum Gasteiger partial charge on any atom is 0.329 e. The Kier molecular flexibility index (Phi) is 4.32. The van der Waals surface area contributed by atoms with Crippen LogP contribution in [0.4, 0.5) is 4.79 Å². The molecule has 2 aliphatic carbocycles. The summed E-state index contributed by atoms with van der Waals surface area (Å²) in [5, 5.41) is 14.9. The lowest BCUT2D eigenvalue weighted by Crippen LogP contribution is -2.58. The van der Waals surface area contributed by atoms with Gasteiger partial charge in [-0.3, -0.25) is 0 Å². The molecule has 19 heavy (non-hydrogen) atoms. The lowest BCUT2D eigenvalue weighted by Gasteiger charge is -2.27. The van der Waals surface area contributed by atoms with Crippen LogP contribution in [0.15, 0.2) is 0 Å². The van der Waals surface area contributed by atoms with Crippen molar-refractivity contribution in [3.05, 3.63) is 0 Å². The summed E-state index contributed by atoms with van der Waals surface area (Å²) in [6.07, 6.45) is 8.51. The first kappa shape index (κ1) is 14.2. The van der Waals surface area contributed by atoms with Crippen molar-refractivity contribution in [2.24, 2.45) is 5.92 Å². The van der Waals surface area contributed by atoms with Gasteiger partial charge in [0.05, 0.1) is 0 Å². The summed E-state index contributed by atoms with van der Waals surface area (Å²) in [5.74, 6) is -0.865. The molecule has 0 aromatic heterocycles. The summed E-state index contributed by atoms with van der Waals surface area (Å²) in [6.45, 7) is 1.61. The number of aliphatic carboxylic acids is 1. The largest absolute Gasteiger partial charge is 0.480 e. The smallest absolute Gasteiger partial charge is 0.329 e. The van der Waals surface area contributed by atoms with Gasteiger partial charge in [0.1, 0.15) is 5.54 Å². The molecular formula is C14H24N2O3. The Morgan fingerprint density at radius 3 is 2.11 bits per heavy atom. The molecule has 5 heteroatoms. The van der Waals surface area contributed by atoms with Gasteiger partial charge in [-0.05, 0) is 38.5 Å². The maximum atomic E-state index is 12.0. The maximum absolute atomic E-state index is 12.0. The van der Waals surface area contributed by atoms with Gasteiger partial charge in [-0.1, -0.05) is 25.7 Å². The van der Waals surface area contributed by atoms with Gasteiger partial charge in [-0.2, -0.15) is 0 Å². The van der Waals surface area contributed by atoms with E-state index in [9.17, 15) is 14.7 Å². The first-order valence-corrected chi connectivity index (χ1v) is 7.34. The van der Waals surface area contributed by atoms with Crippen LogP contribution in [0.2, 0.25) is 0 Å². The van der Waals surface area contributed by atoms with Crippen molar-refractivity contribution in [2.45, 2.75) is 69.9 Å². The third-order valence-corrected chi connectivity index (χ3v) is 4.40. The second-order valence-corrected chi connectivity index (χ2v) is 6.07. The fourth-order valence-corrected chi connectivity index (χ4v) is 2.87. The first-order valence-electron chi connectivity index (χ1n) is 7.34. The van der Waals surface area contributed by atoms with E-state index in [2.05, 4.69) is 10.6 Å². The average Bonchev–Trinajstić information content (AvgIpc) is 3.16. The Hall–Kier alpha value is -1.26. The number of nitrogens with one attached hydrogen (secondary N) is 2. The molecule has 5 nitrogen and oxygen atoms in total. The van der Waals surface area contributed by atoms with Crippen molar-refractivity contribution >= 4 is 12.0 Å². The molecule has 1 unspecified atom stereocenters. The minimum absolute atomic E-state index is 0.0740. The molecule has 2 fully saturated rings. The van der Waals surface area contributed by atoms with Crippen molar-refractivity contribution < 1.29 is 14.7 Å². The molecule has 108 valence electrons. The number of hydrogen-bond acceptors (Lipinski definition) is 2. The summed E-state index contributed by atoms with van der Waals surface area (Å²) >= 11 is 0. The Labute approximate surface area is 114 Å². The molecule has 0 aliphatic heterocycles. The van der Waals surface area contributed by atoms with E-state index in [4.69, 9.17) is 0 Å². The van der Waals surface area contributed by atoms with Gasteiger partial charge >= 0.3 is 12.0 Å². The van der Waals surface area contributed by atoms with Gasteiger partial charge in [-0.15, -0.1) is 0 Å². The second kappa shape index (κ2) is 5.80. The molecular weight excluding hydrogens is 244 g/mol. The summed E-state index contributed by atoms with van der Waals surface area (Å²) in [6, 6.07) is -0.136. The normalized spacial score (nSPS) is 24.1. The number of urea groups is 1. The fourth-order valence-electron chi connectivity index (χ4n) is 2.87. The van der Waals surface area contributed by atoms with Crippen LogP contribution in [-0.2, 0) is 4.79 Å². The van der Waals surface area contributed by atoms with Gasteiger partial charge < -0.3 is 15.7 Å².